The molecular weight excluding hydrogens is 263 g/mol. The first-order valence-corrected chi connectivity index (χ1v) is 5.13. The van der Waals surface area contributed by atoms with E-state index < -0.39 is 5.95 Å². The Kier molecular flexibility index (Phi) is 3.01. The summed E-state index contributed by atoms with van der Waals surface area (Å²) in [6, 6.07) is 6.39. The van der Waals surface area contributed by atoms with Crippen LogP contribution in [0.15, 0.2) is 39.4 Å². The van der Waals surface area contributed by atoms with Gasteiger partial charge in [-0.15, -0.1) is 0 Å². The fourth-order valence-corrected chi connectivity index (χ4v) is 1.47. The van der Waals surface area contributed by atoms with E-state index in [1.165, 1.54) is 6.07 Å². The summed E-state index contributed by atoms with van der Waals surface area (Å²) in [5, 5.41) is 2.95. The van der Waals surface area contributed by atoms with E-state index >= 15 is 0 Å². The number of pyridine rings is 1. The van der Waals surface area contributed by atoms with Crippen LogP contribution in [0.1, 0.15) is 5.76 Å². The van der Waals surface area contributed by atoms with Gasteiger partial charge in [0.2, 0.25) is 5.95 Å². The molecule has 2 rings (SSSR count). The van der Waals surface area contributed by atoms with Crippen molar-refractivity contribution in [2.75, 3.05) is 5.32 Å². The Bertz CT molecular complexity index is 458. The highest BCUT2D eigenvalue weighted by Crippen LogP contribution is 2.18. The van der Waals surface area contributed by atoms with Gasteiger partial charge in [0.25, 0.3) is 0 Å². The van der Waals surface area contributed by atoms with Crippen LogP contribution in [0.25, 0.3) is 0 Å². The topological polar surface area (TPSA) is 38.1 Å². The molecule has 0 atom stereocenters. The zero-order chi connectivity index (χ0) is 10.7. The molecule has 0 radical (unpaired) electrons. The first-order valence-electron chi connectivity index (χ1n) is 4.34. The first kappa shape index (κ1) is 10.2. The van der Waals surface area contributed by atoms with Gasteiger partial charge in [-0.3, -0.25) is 0 Å². The highest BCUT2D eigenvalue weighted by Gasteiger charge is 2.03. The Balaban J connectivity index is 2.02. The van der Waals surface area contributed by atoms with Gasteiger partial charge in [0.1, 0.15) is 11.6 Å². The minimum Gasteiger partial charge on any atom is -0.466 e. The minimum atomic E-state index is -0.501. The molecule has 0 aromatic carbocycles. The second-order valence-corrected chi connectivity index (χ2v) is 3.75. The molecule has 2 heterocycles. The average Bonchev–Trinajstić information content (AvgIpc) is 2.61. The molecule has 3 nitrogen and oxygen atoms in total. The van der Waals surface area contributed by atoms with Gasteiger partial charge in [-0.05, 0) is 34.1 Å². The minimum absolute atomic E-state index is 0.462. The molecular formula is C10H8BrFN2O. The van der Waals surface area contributed by atoms with Gasteiger partial charge < -0.3 is 9.73 Å². The first-order chi connectivity index (χ1) is 7.25. The lowest BCUT2D eigenvalue weighted by Gasteiger charge is -2.03. The SMILES string of the molecule is Fc1cccc(NCc2occc2Br)n1. The molecule has 0 aliphatic heterocycles. The summed E-state index contributed by atoms with van der Waals surface area (Å²) in [4.78, 5) is 3.67. The number of furan rings is 1. The van der Waals surface area contributed by atoms with Gasteiger partial charge in [0.15, 0.2) is 0 Å². The zero-order valence-electron chi connectivity index (χ0n) is 7.71. The van der Waals surface area contributed by atoms with Crippen molar-refractivity contribution in [2.24, 2.45) is 0 Å². The van der Waals surface area contributed by atoms with Crippen molar-refractivity contribution in [3.05, 3.63) is 46.7 Å². The van der Waals surface area contributed by atoms with Crippen molar-refractivity contribution in [1.29, 1.82) is 0 Å². The maximum atomic E-state index is 12.7. The Morgan fingerprint density at radius 1 is 1.40 bits per heavy atom. The summed E-state index contributed by atoms with van der Waals surface area (Å²) in [7, 11) is 0. The maximum absolute atomic E-state index is 12.7. The second-order valence-electron chi connectivity index (χ2n) is 2.89. The maximum Gasteiger partial charge on any atom is 0.214 e. The Labute approximate surface area is 94.5 Å². The van der Waals surface area contributed by atoms with Crippen LogP contribution < -0.4 is 5.32 Å². The highest BCUT2D eigenvalue weighted by molar-refractivity contribution is 9.10. The third-order valence-electron chi connectivity index (χ3n) is 1.84. The van der Waals surface area contributed by atoms with Crippen LogP contribution in [0.2, 0.25) is 0 Å². The largest absolute Gasteiger partial charge is 0.466 e. The fraction of sp³-hybridized carbons (Fsp3) is 0.100. The van der Waals surface area contributed by atoms with E-state index in [1.807, 2.05) is 0 Å². The quantitative estimate of drug-likeness (QED) is 0.871. The fourth-order valence-electron chi connectivity index (χ4n) is 1.13. The van der Waals surface area contributed by atoms with E-state index in [4.69, 9.17) is 4.42 Å². The molecule has 0 fully saturated rings. The molecule has 78 valence electrons. The van der Waals surface area contributed by atoms with E-state index in [0.29, 0.717) is 12.4 Å². The van der Waals surface area contributed by atoms with Crippen molar-refractivity contribution in [2.45, 2.75) is 6.54 Å². The van der Waals surface area contributed by atoms with Gasteiger partial charge in [-0.25, -0.2) is 4.98 Å². The Morgan fingerprint density at radius 2 is 2.27 bits per heavy atom. The van der Waals surface area contributed by atoms with Crippen LogP contribution in [0.3, 0.4) is 0 Å². The van der Waals surface area contributed by atoms with Crippen molar-refractivity contribution in [1.82, 2.24) is 4.98 Å². The predicted molar refractivity (Wildman–Crippen MR) is 57.9 cm³/mol. The molecule has 0 unspecified atom stereocenters. The number of aromatic nitrogens is 1. The molecule has 15 heavy (non-hydrogen) atoms. The van der Waals surface area contributed by atoms with Crippen molar-refractivity contribution in [3.8, 4) is 0 Å². The van der Waals surface area contributed by atoms with Crippen LogP contribution in [-0.2, 0) is 6.54 Å². The summed E-state index contributed by atoms with van der Waals surface area (Å²) in [5.41, 5.74) is 0. The molecule has 0 bridgehead atoms. The van der Waals surface area contributed by atoms with Crippen LogP contribution in [0.5, 0.6) is 0 Å². The normalized spacial score (nSPS) is 10.3. The molecule has 2 aromatic heterocycles. The smallest absolute Gasteiger partial charge is 0.214 e. The van der Waals surface area contributed by atoms with Gasteiger partial charge in [-0.1, -0.05) is 6.07 Å². The number of nitrogens with zero attached hydrogens (tertiary/aromatic N) is 1. The molecule has 1 N–H and O–H groups in total. The summed E-state index contributed by atoms with van der Waals surface area (Å²) < 4.78 is 18.8. The average molecular weight is 271 g/mol. The summed E-state index contributed by atoms with van der Waals surface area (Å²) in [5.74, 6) is 0.734. The van der Waals surface area contributed by atoms with Crippen LogP contribution in [0, 0.1) is 5.95 Å². The molecule has 0 saturated carbocycles. The second kappa shape index (κ2) is 4.44. The number of nitrogens with one attached hydrogen (secondary N) is 1. The van der Waals surface area contributed by atoms with E-state index in [0.717, 1.165) is 10.2 Å². The molecule has 0 spiro atoms. The Hall–Kier alpha value is -1.36. The number of rotatable bonds is 3. The lowest BCUT2D eigenvalue weighted by molar-refractivity contribution is 0.515. The molecule has 2 aromatic rings. The van der Waals surface area contributed by atoms with E-state index in [9.17, 15) is 4.39 Å². The van der Waals surface area contributed by atoms with E-state index in [1.54, 1.807) is 24.5 Å². The molecule has 0 saturated heterocycles. The van der Waals surface area contributed by atoms with Gasteiger partial charge >= 0.3 is 0 Å². The van der Waals surface area contributed by atoms with Crippen LogP contribution >= 0.6 is 15.9 Å². The molecule has 0 amide bonds. The third kappa shape index (κ3) is 2.56. The van der Waals surface area contributed by atoms with Crippen molar-refractivity contribution in [3.63, 3.8) is 0 Å². The van der Waals surface area contributed by atoms with Crippen LogP contribution in [-0.4, -0.2) is 4.98 Å². The standard InChI is InChI=1S/C10H8BrFN2O/c11-7-4-5-15-8(7)6-13-10-3-1-2-9(12)14-10/h1-5H,6H2,(H,13,14). The number of anilines is 1. The summed E-state index contributed by atoms with van der Waals surface area (Å²) >= 11 is 3.33. The van der Waals surface area contributed by atoms with Crippen LogP contribution in [0.4, 0.5) is 10.2 Å². The summed E-state index contributed by atoms with van der Waals surface area (Å²) in [6.45, 7) is 0.462. The monoisotopic (exact) mass is 270 g/mol. The molecule has 5 heteroatoms. The lowest BCUT2D eigenvalue weighted by atomic mass is 10.4. The lowest BCUT2D eigenvalue weighted by Crippen LogP contribution is -2.01. The number of halogens is 2. The molecule has 0 aliphatic carbocycles. The third-order valence-corrected chi connectivity index (χ3v) is 2.54. The molecule has 0 aliphatic rings. The van der Waals surface area contributed by atoms with Crippen molar-refractivity contribution >= 4 is 21.7 Å². The van der Waals surface area contributed by atoms with Gasteiger partial charge in [0.05, 0.1) is 17.3 Å². The predicted octanol–water partition coefficient (Wildman–Crippen LogP) is 3.19. The van der Waals surface area contributed by atoms with E-state index in [-0.39, 0.29) is 0 Å². The highest BCUT2D eigenvalue weighted by atomic mass is 79.9. The number of hydrogen-bond donors (Lipinski definition) is 1. The summed E-state index contributed by atoms with van der Waals surface area (Å²) in [6.07, 6.45) is 1.58. The Morgan fingerprint density at radius 3 is 2.93 bits per heavy atom. The van der Waals surface area contributed by atoms with E-state index in [2.05, 4.69) is 26.2 Å². The number of hydrogen-bond acceptors (Lipinski definition) is 3. The van der Waals surface area contributed by atoms with Gasteiger partial charge in [-0.2, -0.15) is 4.39 Å². The van der Waals surface area contributed by atoms with Crippen molar-refractivity contribution < 1.29 is 8.81 Å². The zero-order valence-corrected chi connectivity index (χ0v) is 9.29. The van der Waals surface area contributed by atoms with Gasteiger partial charge in [0, 0.05) is 0 Å².